The standard InChI is InChI=1S/C23H24S/c1-5-6-7-8-9-12-17-15-16-20-21(22(17)24-4)18-13-10-11-14-19(18)23(20,2)3/h5-7,9-11,13-16H,12H2,1-4H3/b6-5-. The quantitative estimate of drug-likeness (QED) is 0.348. The third kappa shape index (κ3) is 2.79. The highest BCUT2D eigenvalue weighted by atomic mass is 32.2. The van der Waals surface area contributed by atoms with Crippen molar-refractivity contribution in [3.8, 4) is 11.1 Å². The minimum atomic E-state index is 0.0800. The molecular weight excluding hydrogens is 308 g/mol. The van der Waals surface area contributed by atoms with Gasteiger partial charge in [0.15, 0.2) is 0 Å². The Bertz CT molecular complexity index is 846. The smallest absolute Gasteiger partial charge is 0.0186 e. The van der Waals surface area contributed by atoms with Crippen LogP contribution >= 0.6 is 11.8 Å². The maximum absolute atomic E-state index is 3.24. The Balaban J connectivity index is 2.11. The highest BCUT2D eigenvalue weighted by molar-refractivity contribution is 7.98. The fourth-order valence-electron chi connectivity index (χ4n) is 3.59. The largest absolute Gasteiger partial charge is 0.129 e. The molecule has 1 aliphatic rings. The van der Waals surface area contributed by atoms with Crippen LogP contribution in [0, 0.1) is 0 Å². The zero-order valence-corrected chi connectivity index (χ0v) is 15.7. The summed E-state index contributed by atoms with van der Waals surface area (Å²) in [6.45, 7) is 6.69. The van der Waals surface area contributed by atoms with Crippen LogP contribution in [0.5, 0.6) is 0 Å². The highest BCUT2D eigenvalue weighted by Gasteiger charge is 2.36. The first-order valence-corrected chi connectivity index (χ1v) is 9.66. The van der Waals surface area contributed by atoms with Gasteiger partial charge in [-0.25, -0.2) is 0 Å². The second-order valence-corrected chi connectivity index (χ2v) is 7.43. The Labute approximate surface area is 150 Å². The third-order valence-corrected chi connectivity index (χ3v) is 5.69. The molecule has 0 saturated heterocycles. The molecule has 0 spiro atoms. The minimum absolute atomic E-state index is 0.0800. The van der Waals surface area contributed by atoms with Crippen LogP contribution in [0.25, 0.3) is 11.1 Å². The fourth-order valence-corrected chi connectivity index (χ4v) is 4.43. The molecule has 0 unspecified atom stereocenters. The molecule has 0 radical (unpaired) electrons. The Morgan fingerprint density at radius 3 is 2.62 bits per heavy atom. The molecule has 3 rings (SSSR count). The van der Waals surface area contributed by atoms with Gasteiger partial charge in [-0.2, -0.15) is 0 Å². The lowest BCUT2D eigenvalue weighted by molar-refractivity contribution is 0.659. The van der Waals surface area contributed by atoms with Gasteiger partial charge in [-0.1, -0.05) is 62.4 Å². The molecule has 0 amide bonds. The summed E-state index contributed by atoms with van der Waals surface area (Å²) in [6, 6.07) is 13.5. The van der Waals surface area contributed by atoms with E-state index in [9.17, 15) is 0 Å². The van der Waals surface area contributed by atoms with Crippen LogP contribution in [0.2, 0.25) is 0 Å². The first-order chi connectivity index (χ1) is 11.6. The monoisotopic (exact) mass is 332 g/mol. The summed E-state index contributed by atoms with van der Waals surface area (Å²) < 4.78 is 0. The molecule has 0 heterocycles. The van der Waals surface area contributed by atoms with Gasteiger partial charge in [-0.15, -0.1) is 17.5 Å². The SMILES string of the molecule is C/C=C\C=C=CCc1ccc2c(c1SC)-c1ccccc1C2(C)C. The van der Waals surface area contributed by atoms with Gasteiger partial charge in [0.2, 0.25) is 0 Å². The van der Waals surface area contributed by atoms with Gasteiger partial charge in [-0.3, -0.25) is 0 Å². The predicted octanol–water partition coefficient (Wildman–Crippen LogP) is 6.54. The van der Waals surface area contributed by atoms with Gasteiger partial charge in [-0.05, 0) is 59.6 Å². The van der Waals surface area contributed by atoms with Crippen LogP contribution < -0.4 is 0 Å². The molecule has 0 saturated carbocycles. The summed E-state index contributed by atoms with van der Waals surface area (Å²) in [7, 11) is 0. The Hall–Kier alpha value is -1.95. The van der Waals surface area contributed by atoms with Gasteiger partial charge >= 0.3 is 0 Å². The first kappa shape index (κ1) is 16.9. The van der Waals surface area contributed by atoms with E-state index in [0.717, 1.165) is 6.42 Å². The lowest BCUT2D eigenvalue weighted by Crippen LogP contribution is -2.14. The van der Waals surface area contributed by atoms with Crippen molar-refractivity contribution in [3.05, 3.63) is 83.1 Å². The summed E-state index contributed by atoms with van der Waals surface area (Å²) in [5, 5.41) is 0. The summed E-state index contributed by atoms with van der Waals surface area (Å²) in [5.41, 5.74) is 10.4. The van der Waals surface area contributed by atoms with Crippen molar-refractivity contribution in [2.45, 2.75) is 37.5 Å². The molecule has 2 aromatic carbocycles. The molecule has 0 aromatic heterocycles. The normalized spacial score (nSPS) is 14.2. The van der Waals surface area contributed by atoms with Gasteiger partial charge in [0.25, 0.3) is 0 Å². The average Bonchev–Trinajstić information content (AvgIpc) is 2.83. The molecule has 24 heavy (non-hydrogen) atoms. The average molecular weight is 333 g/mol. The maximum Gasteiger partial charge on any atom is 0.0186 e. The van der Waals surface area contributed by atoms with Crippen LogP contribution in [0.1, 0.15) is 37.5 Å². The van der Waals surface area contributed by atoms with E-state index in [4.69, 9.17) is 0 Å². The van der Waals surface area contributed by atoms with Crippen LogP contribution in [0.3, 0.4) is 0 Å². The minimum Gasteiger partial charge on any atom is -0.129 e. The second kappa shape index (κ2) is 6.89. The molecule has 0 bridgehead atoms. The van der Waals surface area contributed by atoms with E-state index in [0.29, 0.717) is 0 Å². The summed E-state index contributed by atoms with van der Waals surface area (Å²) >= 11 is 1.86. The molecule has 2 aromatic rings. The van der Waals surface area contributed by atoms with Gasteiger partial charge in [0.05, 0.1) is 0 Å². The lowest BCUT2D eigenvalue weighted by atomic mass is 9.82. The number of allylic oxidation sites excluding steroid dienone is 3. The zero-order chi connectivity index (χ0) is 17.2. The van der Waals surface area contributed by atoms with Crippen molar-refractivity contribution in [1.29, 1.82) is 0 Å². The molecule has 0 N–H and O–H groups in total. The van der Waals surface area contributed by atoms with Gasteiger partial charge < -0.3 is 0 Å². The van der Waals surface area contributed by atoms with Crippen molar-refractivity contribution in [1.82, 2.24) is 0 Å². The van der Waals surface area contributed by atoms with Crippen LogP contribution in [-0.4, -0.2) is 6.26 Å². The number of benzene rings is 2. The van der Waals surface area contributed by atoms with Crippen LogP contribution in [-0.2, 0) is 11.8 Å². The van der Waals surface area contributed by atoms with Crippen molar-refractivity contribution < 1.29 is 0 Å². The van der Waals surface area contributed by atoms with E-state index in [1.54, 1.807) is 0 Å². The molecule has 122 valence electrons. The predicted molar refractivity (Wildman–Crippen MR) is 107 cm³/mol. The number of hydrogen-bond donors (Lipinski definition) is 0. The summed E-state index contributed by atoms with van der Waals surface area (Å²) in [6.07, 6.45) is 11.2. The Morgan fingerprint density at radius 2 is 1.88 bits per heavy atom. The van der Waals surface area contributed by atoms with E-state index in [2.05, 4.69) is 68.3 Å². The van der Waals surface area contributed by atoms with Gasteiger partial charge in [0, 0.05) is 10.3 Å². The number of thioether (sulfide) groups is 1. The van der Waals surface area contributed by atoms with Crippen molar-refractivity contribution in [2.75, 3.05) is 6.26 Å². The Morgan fingerprint density at radius 1 is 1.08 bits per heavy atom. The topological polar surface area (TPSA) is 0 Å². The molecule has 0 nitrogen and oxygen atoms in total. The third-order valence-electron chi connectivity index (χ3n) is 4.81. The van der Waals surface area contributed by atoms with E-state index >= 15 is 0 Å². The second-order valence-electron chi connectivity index (χ2n) is 6.62. The van der Waals surface area contributed by atoms with Crippen molar-refractivity contribution >= 4 is 11.8 Å². The van der Waals surface area contributed by atoms with E-state index in [-0.39, 0.29) is 5.41 Å². The van der Waals surface area contributed by atoms with Gasteiger partial charge in [0.1, 0.15) is 0 Å². The molecular formula is C23H24S. The fraction of sp³-hybridized carbons (Fsp3) is 0.261. The van der Waals surface area contributed by atoms with Crippen LogP contribution in [0.15, 0.2) is 71.3 Å². The molecule has 1 aliphatic carbocycles. The van der Waals surface area contributed by atoms with E-state index < -0.39 is 0 Å². The van der Waals surface area contributed by atoms with Crippen molar-refractivity contribution in [3.63, 3.8) is 0 Å². The molecule has 0 aliphatic heterocycles. The van der Waals surface area contributed by atoms with E-state index in [1.165, 1.54) is 32.7 Å². The van der Waals surface area contributed by atoms with E-state index in [1.807, 2.05) is 36.9 Å². The zero-order valence-electron chi connectivity index (χ0n) is 14.9. The lowest BCUT2D eigenvalue weighted by Gasteiger charge is -2.22. The number of hydrogen-bond acceptors (Lipinski definition) is 1. The first-order valence-electron chi connectivity index (χ1n) is 8.43. The van der Waals surface area contributed by atoms with Crippen LogP contribution in [0.4, 0.5) is 0 Å². The molecule has 0 atom stereocenters. The molecule has 1 heteroatoms. The summed E-state index contributed by atoms with van der Waals surface area (Å²) in [4.78, 5) is 1.41. The van der Waals surface area contributed by atoms with Crippen molar-refractivity contribution in [2.24, 2.45) is 0 Å². The maximum atomic E-state index is 3.24. The highest BCUT2D eigenvalue weighted by Crippen LogP contribution is 2.52. The Kier molecular flexibility index (Phi) is 4.85. The molecule has 0 fully saturated rings. The number of rotatable bonds is 4. The summed E-state index contributed by atoms with van der Waals surface area (Å²) in [5.74, 6) is 0. The number of fused-ring (bicyclic) bond motifs is 3.